The van der Waals surface area contributed by atoms with Gasteiger partial charge in [-0.2, -0.15) is 0 Å². The Morgan fingerprint density at radius 1 is 1.25 bits per heavy atom. The van der Waals surface area contributed by atoms with Gasteiger partial charge >= 0.3 is 0 Å². The molecule has 0 spiro atoms. The van der Waals surface area contributed by atoms with Crippen molar-refractivity contribution in [2.24, 2.45) is 5.92 Å². The van der Waals surface area contributed by atoms with E-state index in [1.807, 2.05) is 11.3 Å². The van der Waals surface area contributed by atoms with Crippen LogP contribution in [-0.2, 0) is 6.42 Å². The van der Waals surface area contributed by atoms with Gasteiger partial charge in [0.15, 0.2) is 0 Å². The SMILES string of the molecule is Cc1sc2c(c1C)CC(C)C2C. The highest BCUT2D eigenvalue weighted by molar-refractivity contribution is 7.12. The standard InChI is InChI=1S/C11H16S/c1-6-5-10-8(3)9(4)12-11(10)7(6)2/h6-7H,5H2,1-4H3. The van der Waals surface area contributed by atoms with Gasteiger partial charge in [0.25, 0.3) is 0 Å². The number of rotatable bonds is 0. The summed E-state index contributed by atoms with van der Waals surface area (Å²) in [5.41, 5.74) is 3.23. The molecule has 1 aromatic heterocycles. The summed E-state index contributed by atoms with van der Waals surface area (Å²) in [5, 5.41) is 0. The zero-order chi connectivity index (χ0) is 8.88. The fourth-order valence-corrected chi connectivity index (χ4v) is 3.46. The molecule has 0 N–H and O–H groups in total. The molecular formula is C11H16S. The molecule has 1 aliphatic carbocycles. The first-order valence-corrected chi connectivity index (χ1v) is 5.51. The van der Waals surface area contributed by atoms with Gasteiger partial charge in [0.05, 0.1) is 0 Å². The fraction of sp³-hybridized carbons (Fsp3) is 0.636. The van der Waals surface area contributed by atoms with Crippen LogP contribution >= 0.6 is 11.3 Å². The lowest BCUT2D eigenvalue weighted by Gasteiger charge is -2.08. The molecule has 0 saturated carbocycles. The van der Waals surface area contributed by atoms with E-state index in [1.165, 1.54) is 11.3 Å². The van der Waals surface area contributed by atoms with E-state index in [2.05, 4.69) is 27.7 Å². The average molecular weight is 180 g/mol. The lowest BCUT2D eigenvalue weighted by Crippen LogP contribution is -1.97. The summed E-state index contributed by atoms with van der Waals surface area (Å²) in [7, 11) is 0. The molecular weight excluding hydrogens is 164 g/mol. The topological polar surface area (TPSA) is 0 Å². The second kappa shape index (κ2) is 2.59. The zero-order valence-corrected chi connectivity index (χ0v) is 9.09. The number of hydrogen-bond acceptors (Lipinski definition) is 1. The first-order valence-electron chi connectivity index (χ1n) is 4.70. The monoisotopic (exact) mass is 180 g/mol. The van der Waals surface area contributed by atoms with E-state index in [9.17, 15) is 0 Å². The molecule has 0 bridgehead atoms. The van der Waals surface area contributed by atoms with Crippen molar-refractivity contribution in [1.82, 2.24) is 0 Å². The van der Waals surface area contributed by atoms with Crippen molar-refractivity contribution in [3.8, 4) is 0 Å². The summed E-state index contributed by atoms with van der Waals surface area (Å²) in [6.45, 7) is 9.25. The summed E-state index contributed by atoms with van der Waals surface area (Å²) in [6.07, 6.45) is 1.31. The highest BCUT2D eigenvalue weighted by Crippen LogP contribution is 2.44. The van der Waals surface area contributed by atoms with Crippen LogP contribution in [0.5, 0.6) is 0 Å². The Morgan fingerprint density at radius 3 is 2.50 bits per heavy atom. The van der Waals surface area contributed by atoms with Gasteiger partial charge in [0, 0.05) is 9.75 Å². The van der Waals surface area contributed by atoms with E-state index in [-0.39, 0.29) is 0 Å². The van der Waals surface area contributed by atoms with Gasteiger partial charge in [0.1, 0.15) is 0 Å². The molecule has 1 aliphatic rings. The van der Waals surface area contributed by atoms with Crippen molar-refractivity contribution in [2.45, 2.75) is 40.0 Å². The predicted molar refractivity (Wildman–Crippen MR) is 55.1 cm³/mol. The molecule has 12 heavy (non-hydrogen) atoms. The summed E-state index contributed by atoms with van der Waals surface area (Å²) in [5.74, 6) is 1.67. The van der Waals surface area contributed by atoms with Crippen molar-refractivity contribution in [3.63, 3.8) is 0 Å². The van der Waals surface area contributed by atoms with Gasteiger partial charge in [-0.05, 0) is 43.2 Å². The molecule has 1 aromatic rings. The highest BCUT2D eigenvalue weighted by Gasteiger charge is 2.29. The van der Waals surface area contributed by atoms with E-state index in [0.717, 1.165) is 11.8 Å². The van der Waals surface area contributed by atoms with Crippen LogP contribution in [0.15, 0.2) is 0 Å². The molecule has 0 aromatic carbocycles. The maximum Gasteiger partial charge on any atom is 0.0114 e. The van der Waals surface area contributed by atoms with Gasteiger partial charge in [-0.15, -0.1) is 11.3 Å². The quantitative estimate of drug-likeness (QED) is 0.571. The minimum Gasteiger partial charge on any atom is -0.145 e. The molecule has 0 aliphatic heterocycles. The Balaban J connectivity index is 2.52. The summed E-state index contributed by atoms with van der Waals surface area (Å²) < 4.78 is 0. The van der Waals surface area contributed by atoms with Gasteiger partial charge in [-0.25, -0.2) is 0 Å². The van der Waals surface area contributed by atoms with Crippen molar-refractivity contribution in [3.05, 3.63) is 20.9 Å². The average Bonchev–Trinajstić information content (AvgIpc) is 2.43. The molecule has 0 nitrogen and oxygen atoms in total. The minimum absolute atomic E-state index is 0.803. The first-order chi connectivity index (χ1) is 5.61. The summed E-state index contributed by atoms with van der Waals surface area (Å²) in [6, 6.07) is 0. The zero-order valence-electron chi connectivity index (χ0n) is 8.27. The van der Waals surface area contributed by atoms with Crippen LogP contribution in [-0.4, -0.2) is 0 Å². The van der Waals surface area contributed by atoms with Crippen LogP contribution in [0.2, 0.25) is 0 Å². The van der Waals surface area contributed by atoms with Gasteiger partial charge in [0.2, 0.25) is 0 Å². The molecule has 0 fully saturated rings. The van der Waals surface area contributed by atoms with Crippen molar-refractivity contribution in [1.29, 1.82) is 0 Å². The van der Waals surface area contributed by atoms with Gasteiger partial charge < -0.3 is 0 Å². The van der Waals surface area contributed by atoms with E-state index < -0.39 is 0 Å². The lowest BCUT2D eigenvalue weighted by molar-refractivity contribution is 0.534. The van der Waals surface area contributed by atoms with E-state index >= 15 is 0 Å². The maximum atomic E-state index is 2.37. The summed E-state index contributed by atoms with van der Waals surface area (Å²) >= 11 is 2.02. The first kappa shape index (κ1) is 8.31. The van der Waals surface area contributed by atoms with Crippen LogP contribution < -0.4 is 0 Å². The second-order valence-corrected chi connectivity index (χ2v) is 5.35. The van der Waals surface area contributed by atoms with Crippen LogP contribution in [0.25, 0.3) is 0 Å². The molecule has 2 rings (SSSR count). The molecule has 66 valence electrons. The molecule has 0 radical (unpaired) electrons. The van der Waals surface area contributed by atoms with E-state index in [4.69, 9.17) is 0 Å². The fourth-order valence-electron chi connectivity index (χ4n) is 2.08. The molecule has 0 amide bonds. The van der Waals surface area contributed by atoms with Gasteiger partial charge in [-0.3, -0.25) is 0 Å². The Hall–Kier alpha value is -0.300. The smallest absolute Gasteiger partial charge is 0.0114 e. The predicted octanol–water partition coefficient (Wildman–Crippen LogP) is 3.66. The lowest BCUT2D eigenvalue weighted by atomic mass is 10.0. The number of thiophene rings is 1. The molecule has 1 heteroatoms. The van der Waals surface area contributed by atoms with Crippen molar-refractivity contribution in [2.75, 3.05) is 0 Å². The number of fused-ring (bicyclic) bond motifs is 1. The largest absolute Gasteiger partial charge is 0.145 e. The molecule has 2 atom stereocenters. The summed E-state index contributed by atoms with van der Waals surface area (Å²) in [4.78, 5) is 3.19. The number of aryl methyl sites for hydroxylation is 1. The minimum atomic E-state index is 0.803. The Bertz CT molecular complexity index is 309. The Labute approximate surface area is 78.6 Å². The van der Waals surface area contributed by atoms with Crippen LogP contribution in [0, 0.1) is 19.8 Å². The third-order valence-corrected chi connectivity index (χ3v) is 4.78. The normalized spacial score (nSPS) is 27.7. The van der Waals surface area contributed by atoms with E-state index in [0.29, 0.717) is 0 Å². The molecule has 2 unspecified atom stereocenters. The Morgan fingerprint density at radius 2 is 1.92 bits per heavy atom. The second-order valence-electron chi connectivity index (χ2n) is 4.10. The third kappa shape index (κ3) is 0.957. The number of hydrogen-bond donors (Lipinski definition) is 0. The van der Waals surface area contributed by atoms with Crippen LogP contribution in [0.4, 0.5) is 0 Å². The van der Waals surface area contributed by atoms with Crippen molar-refractivity contribution < 1.29 is 0 Å². The maximum absolute atomic E-state index is 2.37. The van der Waals surface area contributed by atoms with Gasteiger partial charge in [-0.1, -0.05) is 13.8 Å². The highest BCUT2D eigenvalue weighted by atomic mass is 32.1. The van der Waals surface area contributed by atoms with E-state index in [1.54, 1.807) is 16.0 Å². The van der Waals surface area contributed by atoms with Crippen LogP contribution in [0.1, 0.15) is 40.6 Å². The van der Waals surface area contributed by atoms with Crippen LogP contribution in [0.3, 0.4) is 0 Å². The molecule has 0 saturated heterocycles. The Kier molecular flexibility index (Phi) is 1.80. The third-order valence-electron chi connectivity index (χ3n) is 3.33. The molecule has 1 heterocycles. The van der Waals surface area contributed by atoms with Crippen molar-refractivity contribution >= 4 is 11.3 Å².